The smallest absolute Gasteiger partial charge is 0.250 e. The Labute approximate surface area is 113 Å². The van der Waals surface area contributed by atoms with Gasteiger partial charge in [-0.1, -0.05) is 0 Å². The van der Waals surface area contributed by atoms with E-state index in [-0.39, 0.29) is 18.6 Å². The molecule has 0 aliphatic carbocycles. The van der Waals surface area contributed by atoms with Crippen LogP contribution in [0.1, 0.15) is 19.3 Å². The second-order valence-corrected chi connectivity index (χ2v) is 4.67. The fraction of sp³-hybridized carbons (Fsp3) is 0.500. The SMILES string of the molecule is Nc1ccc(NC(=O)COCC2CCCCO2)cc1. The van der Waals surface area contributed by atoms with Crippen LogP contribution >= 0.6 is 0 Å². The molecular weight excluding hydrogens is 244 g/mol. The lowest BCUT2D eigenvalue weighted by atomic mass is 10.1. The molecule has 5 heteroatoms. The molecule has 0 bridgehead atoms. The maximum Gasteiger partial charge on any atom is 0.250 e. The predicted octanol–water partition coefficient (Wildman–Crippen LogP) is 1.79. The van der Waals surface area contributed by atoms with Crippen LogP contribution in [0, 0.1) is 0 Å². The topological polar surface area (TPSA) is 73.6 Å². The first-order valence-electron chi connectivity index (χ1n) is 6.59. The van der Waals surface area contributed by atoms with E-state index >= 15 is 0 Å². The van der Waals surface area contributed by atoms with E-state index in [0.29, 0.717) is 12.3 Å². The summed E-state index contributed by atoms with van der Waals surface area (Å²) >= 11 is 0. The molecule has 1 aliphatic heterocycles. The average molecular weight is 264 g/mol. The van der Waals surface area contributed by atoms with Crippen molar-refractivity contribution in [1.29, 1.82) is 0 Å². The molecule has 1 saturated heterocycles. The van der Waals surface area contributed by atoms with E-state index < -0.39 is 0 Å². The standard InChI is InChI=1S/C14H20N2O3/c15-11-4-6-12(7-5-11)16-14(17)10-18-9-13-3-1-2-8-19-13/h4-7,13H,1-3,8-10,15H2,(H,16,17). The van der Waals surface area contributed by atoms with Gasteiger partial charge in [0.1, 0.15) is 6.61 Å². The highest BCUT2D eigenvalue weighted by Crippen LogP contribution is 2.13. The molecule has 0 radical (unpaired) electrons. The number of nitrogen functional groups attached to an aromatic ring is 1. The van der Waals surface area contributed by atoms with Crippen LogP contribution in [0.15, 0.2) is 24.3 Å². The van der Waals surface area contributed by atoms with Gasteiger partial charge in [-0.05, 0) is 43.5 Å². The Kier molecular flexibility index (Phi) is 5.18. The normalized spacial score (nSPS) is 19.1. The van der Waals surface area contributed by atoms with Gasteiger partial charge in [0.2, 0.25) is 5.91 Å². The van der Waals surface area contributed by atoms with Gasteiger partial charge in [0.25, 0.3) is 0 Å². The van der Waals surface area contributed by atoms with Gasteiger partial charge >= 0.3 is 0 Å². The summed E-state index contributed by atoms with van der Waals surface area (Å²) in [5, 5.41) is 2.75. The van der Waals surface area contributed by atoms with Gasteiger partial charge in [-0.25, -0.2) is 0 Å². The van der Waals surface area contributed by atoms with E-state index in [1.165, 1.54) is 6.42 Å². The molecule has 1 unspecified atom stereocenters. The predicted molar refractivity (Wildman–Crippen MR) is 73.9 cm³/mol. The number of carbonyl (C=O) groups excluding carboxylic acids is 1. The van der Waals surface area contributed by atoms with Gasteiger partial charge < -0.3 is 20.5 Å². The minimum Gasteiger partial charge on any atom is -0.399 e. The van der Waals surface area contributed by atoms with E-state index in [4.69, 9.17) is 15.2 Å². The van der Waals surface area contributed by atoms with Crippen LogP contribution in [-0.2, 0) is 14.3 Å². The number of nitrogens with two attached hydrogens (primary N) is 1. The fourth-order valence-corrected chi connectivity index (χ4v) is 1.99. The first kappa shape index (κ1) is 13.8. The Morgan fingerprint density at radius 1 is 1.37 bits per heavy atom. The molecule has 19 heavy (non-hydrogen) atoms. The molecule has 104 valence electrons. The van der Waals surface area contributed by atoms with Crippen LogP contribution in [0.25, 0.3) is 0 Å². The number of nitrogens with one attached hydrogen (secondary N) is 1. The van der Waals surface area contributed by atoms with E-state index in [9.17, 15) is 4.79 Å². The lowest BCUT2D eigenvalue weighted by Crippen LogP contribution is -2.27. The molecule has 2 rings (SSSR count). The molecule has 3 N–H and O–H groups in total. The highest BCUT2D eigenvalue weighted by atomic mass is 16.5. The maximum absolute atomic E-state index is 11.6. The van der Waals surface area contributed by atoms with Crippen LogP contribution in [-0.4, -0.2) is 31.8 Å². The third-order valence-corrected chi connectivity index (χ3v) is 3.01. The minimum absolute atomic E-state index is 0.0459. The Morgan fingerprint density at radius 3 is 2.84 bits per heavy atom. The van der Waals surface area contributed by atoms with Gasteiger partial charge in [-0.15, -0.1) is 0 Å². The third-order valence-electron chi connectivity index (χ3n) is 3.01. The quantitative estimate of drug-likeness (QED) is 0.795. The molecule has 1 aromatic rings. The number of anilines is 2. The van der Waals surface area contributed by atoms with Gasteiger partial charge in [-0.3, -0.25) is 4.79 Å². The molecule has 0 spiro atoms. The van der Waals surface area contributed by atoms with Crippen molar-refractivity contribution in [3.8, 4) is 0 Å². The zero-order valence-electron chi connectivity index (χ0n) is 10.9. The summed E-state index contributed by atoms with van der Waals surface area (Å²) in [5.74, 6) is -0.166. The third kappa shape index (κ3) is 4.89. The Morgan fingerprint density at radius 2 is 2.16 bits per heavy atom. The molecule has 0 aromatic heterocycles. The van der Waals surface area contributed by atoms with E-state index in [0.717, 1.165) is 25.1 Å². The van der Waals surface area contributed by atoms with Crippen molar-refractivity contribution in [2.45, 2.75) is 25.4 Å². The lowest BCUT2D eigenvalue weighted by molar-refractivity contribution is -0.122. The maximum atomic E-state index is 11.6. The van der Waals surface area contributed by atoms with Crippen molar-refractivity contribution < 1.29 is 14.3 Å². The van der Waals surface area contributed by atoms with Crippen molar-refractivity contribution in [3.05, 3.63) is 24.3 Å². The molecule has 1 aromatic carbocycles. The summed E-state index contributed by atoms with van der Waals surface area (Å²) in [6, 6.07) is 7.01. The molecule has 1 atom stereocenters. The van der Waals surface area contributed by atoms with E-state index in [1.54, 1.807) is 24.3 Å². The van der Waals surface area contributed by atoms with Gasteiger partial charge in [0.05, 0.1) is 12.7 Å². The van der Waals surface area contributed by atoms with Gasteiger partial charge in [0.15, 0.2) is 0 Å². The second kappa shape index (κ2) is 7.11. The first-order valence-corrected chi connectivity index (χ1v) is 6.59. The fourth-order valence-electron chi connectivity index (χ4n) is 1.99. The van der Waals surface area contributed by atoms with Gasteiger partial charge in [-0.2, -0.15) is 0 Å². The van der Waals surface area contributed by atoms with Crippen molar-refractivity contribution in [2.24, 2.45) is 0 Å². The number of carbonyl (C=O) groups is 1. The monoisotopic (exact) mass is 264 g/mol. The van der Waals surface area contributed by atoms with Crippen molar-refractivity contribution in [1.82, 2.24) is 0 Å². The highest BCUT2D eigenvalue weighted by molar-refractivity contribution is 5.91. The summed E-state index contributed by atoms with van der Waals surface area (Å²) in [6.07, 6.45) is 3.44. The number of benzene rings is 1. The zero-order chi connectivity index (χ0) is 13.5. The molecule has 1 aliphatic rings. The molecule has 5 nitrogen and oxygen atoms in total. The van der Waals surface area contributed by atoms with Crippen molar-refractivity contribution in [2.75, 3.05) is 30.9 Å². The summed E-state index contributed by atoms with van der Waals surface area (Å²) in [6.45, 7) is 1.32. The summed E-state index contributed by atoms with van der Waals surface area (Å²) in [7, 11) is 0. The highest BCUT2D eigenvalue weighted by Gasteiger charge is 2.14. The second-order valence-electron chi connectivity index (χ2n) is 4.67. The van der Waals surface area contributed by atoms with Crippen LogP contribution in [0.2, 0.25) is 0 Å². The summed E-state index contributed by atoms with van der Waals surface area (Å²) in [4.78, 5) is 11.6. The van der Waals surface area contributed by atoms with Gasteiger partial charge in [0, 0.05) is 18.0 Å². The molecule has 1 heterocycles. The Bertz CT molecular complexity index is 400. The van der Waals surface area contributed by atoms with Crippen LogP contribution < -0.4 is 11.1 Å². The number of amides is 1. The van der Waals surface area contributed by atoms with E-state index in [1.807, 2.05) is 0 Å². The van der Waals surface area contributed by atoms with Crippen molar-refractivity contribution in [3.63, 3.8) is 0 Å². The molecule has 1 amide bonds. The summed E-state index contributed by atoms with van der Waals surface area (Å²) in [5.41, 5.74) is 6.96. The largest absolute Gasteiger partial charge is 0.399 e. The number of ether oxygens (including phenoxy) is 2. The van der Waals surface area contributed by atoms with Crippen LogP contribution in [0.5, 0.6) is 0 Å². The Balaban J connectivity index is 1.65. The lowest BCUT2D eigenvalue weighted by Gasteiger charge is -2.22. The molecule has 1 fully saturated rings. The first-order chi connectivity index (χ1) is 9.24. The summed E-state index contributed by atoms with van der Waals surface area (Å²) < 4.78 is 10.9. The van der Waals surface area contributed by atoms with E-state index in [2.05, 4.69) is 5.32 Å². The van der Waals surface area contributed by atoms with Crippen molar-refractivity contribution >= 4 is 17.3 Å². The zero-order valence-corrected chi connectivity index (χ0v) is 10.9. The minimum atomic E-state index is -0.166. The Hall–Kier alpha value is -1.59. The number of hydrogen-bond donors (Lipinski definition) is 2. The average Bonchev–Trinajstić information content (AvgIpc) is 2.43. The number of rotatable bonds is 5. The molecule has 0 saturated carbocycles. The van der Waals surface area contributed by atoms with Crippen LogP contribution in [0.3, 0.4) is 0 Å². The number of hydrogen-bond acceptors (Lipinski definition) is 4. The molecular formula is C14H20N2O3. The van der Waals surface area contributed by atoms with Crippen LogP contribution in [0.4, 0.5) is 11.4 Å².